The lowest BCUT2D eigenvalue weighted by atomic mass is 10.1. The molecule has 5 heteroatoms. The Hall–Kier alpha value is -2.85. The van der Waals surface area contributed by atoms with Crippen molar-refractivity contribution in [2.45, 2.75) is 20.0 Å². The van der Waals surface area contributed by atoms with Crippen LogP contribution < -0.4 is 10.2 Å². The molecule has 1 aromatic heterocycles. The molecule has 4 rings (SSSR count). The number of carbonyl (C=O) groups excluding carboxylic acids is 1. The Morgan fingerprint density at radius 2 is 1.81 bits per heavy atom. The number of nitrogens with one attached hydrogen (secondary N) is 1. The van der Waals surface area contributed by atoms with Crippen molar-refractivity contribution < 1.29 is 4.79 Å². The molecule has 1 atom stereocenters. The van der Waals surface area contributed by atoms with E-state index in [-0.39, 0.29) is 12.1 Å². The van der Waals surface area contributed by atoms with E-state index in [0.717, 1.165) is 22.4 Å². The minimum atomic E-state index is -0.367. The highest BCUT2D eigenvalue weighted by atomic mass is 35.5. The predicted octanol–water partition coefficient (Wildman–Crippen LogP) is 5.12. The molecule has 26 heavy (non-hydrogen) atoms. The van der Waals surface area contributed by atoms with Crippen molar-refractivity contribution in [1.29, 1.82) is 0 Å². The van der Waals surface area contributed by atoms with Crippen LogP contribution in [0.4, 0.5) is 11.5 Å². The Kier molecular flexibility index (Phi) is 4.13. The highest BCUT2D eigenvalue weighted by Crippen LogP contribution is 2.38. The van der Waals surface area contributed by atoms with E-state index in [9.17, 15) is 4.79 Å². The fourth-order valence-corrected chi connectivity index (χ4v) is 3.47. The maximum atomic E-state index is 13.0. The number of rotatable bonds is 3. The van der Waals surface area contributed by atoms with Crippen LogP contribution in [0.15, 0.2) is 60.8 Å². The molecule has 2 heterocycles. The number of hydrogen-bond donors (Lipinski definition) is 1. The van der Waals surface area contributed by atoms with Crippen molar-refractivity contribution >= 4 is 29.0 Å². The molecule has 0 aliphatic carbocycles. The van der Waals surface area contributed by atoms with Crippen molar-refractivity contribution in [3.05, 3.63) is 88.1 Å². The number of nitrogens with zero attached hydrogens (tertiary/aromatic N) is 2. The monoisotopic (exact) mass is 363 g/mol. The lowest BCUT2D eigenvalue weighted by molar-refractivity contribution is 0.0992. The van der Waals surface area contributed by atoms with Gasteiger partial charge in [-0.1, -0.05) is 41.9 Å². The van der Waals surface area contributed by atoms with Crippen LogP contribution in [0.5, 0.6) is 0 Å². The standard InChI is InChI=1S/C21H18ClN3O/c1-13-7-9-18(17(22)11-13)24-20-15-5-3-4-6-16(15)21(26)25(20)19-10-8-14(2)12-23-19/h3-12,20,24H,1-2H3/t20-/m1/s1. The molecule has 0 radical (unpaired) electrons. The summed E-state index contributed by atoms with van der Waals surface area (Å²) in [5.41, 5.74) is 4.50. The van der Waals surface area contributed by atoms with Gasteiger partial charge in [-0.15, -0.1) is 0 Å². The van der Waals surface area contributed by atoms with E-state index in [1.807, 2.05) is 68.4 Å². The van der Waals surface area contributed by atoms with E-state index in [1.54, 1.807) is 11.1 Å². The molecule has 1 N–H and O–H groups in total. The Morgan fingerprint density at radius 3 is 2.54 bits per heavy atom. The number of amides is 1. The molecule has 2 aromatic carbocycles. The zero-order chi connectivity index (χ0) is 18.3. The van der Waals surface area contributed by atoms with Crippen molar-refractivity contribution in [1.82, 2.24) is 4.98 Å². The Labute approximate surface area is 157 Å². The fourth-order valence-electron chi connectivity index (χ4n) is 3.18. The summed E-state index contributed by atoms with van der Waals surface area (Å²) in [6, 6.07) is 17.3. The van der Waals surface area contributed by atoms with E-state index in [1.165, 1.54) is 0 Å². The van der Waals surface area contributed by atoms with Crippen molar-refractivity contribution in [2.75, 3.05) is 10.2 Å². The van der Waals surface area contributed by atoms with Gasteiger partial charge in [0.2, 0.25) is 0 Å². The lowest BCUT2D eigenvalue weighted by Crippen LogP contribution is -2.33. The van der Waals surface area contributed by atoms with Crippen LogP contribution in [-0.2, 0) is 0 Å². The van der Waals surface area contributed by atoms with Gasteiger partial charge < -0.3 is 5.32 Å². The number of halogens is 1. The van der Waals surface area contributed by atoms with Gasteiger partial charge in [-0.3, -0.25) is 9.69 Å². The third-order valence-corrected chi connectivity index (χ3v) is 4.83. The number of aryl methyl sites for hydroxylation is 2. The van der Waals surface area contributed by atoms with Gasteiger partial charge in [-0.25, -0.2) is 4.98 Å². The van der Waals surface area contributed by atoms with E-state index in [0.29, 0.717) is 16.4 Å². The van der Waals surface area contributed by atoms with Crippen LogP contribution in [-0.4, -0.2) is 10.9 Å². The van der Waals surface area contributed by atoms with Gasteiger partial charge in [0.05, 0.1) is 10.7 Å². The van der Waals surface area contributed by atoms with Crippen LogP contribution in [0.25, 0.3) is 0 Å². The van der Waals surface area contributed by atoms with Crippen molar-refractivity contribution in [3.63, 3.8) is 0 Å². The highest BCUT2D eigenvalue weighted by Gasteiger charge is 2.38. The third-order valence-electron chi connectivity index (χ3n) is 4.52. The Morgan fingerprint density at radius 1 is 1.04 bits per heavy atom. The maximum absolute atomic E-state index is 13.0. The number of hydrogen-bond acceptors (Lipinski definition) is 3. The first-order chi connectivity index (χ1) is 12.5. The number of benzene rings is 2. The zero-order valence-electron chi connectivity index (χ0n) is 14.5. The lowest BCUT2D eigenvalue weighted by Gasteiger charge is -2.26. The van der Waals surface area contributed by atoms with E-state index < -0.39 is 0 Å². The minimum absolute atomic E-state index is 0.0716. The normalized spacial score (nSPS) is 15.9. The van der Waals surface area contributed by atoms with Gasteiger partial charge in [-0.2, -0.15) is 0 Å². The summed E-state index contributed by atoms with van der Waals surface area (Å²) < 4.78 is 0. The SMILES string of the molecule is Cc1ccc(N2C(=O)c3ccccc3[C@@H]2Nc2ccc(C)cc2Cl)nc1. The summed E-state index contributed by atoms with van der Waals surface area (Å²) in [6.07, 6.45) is 1.40. The first-order valence-electron chi connectivity index (χ1n) is 8.42. The minimum Gasteiger partial charge on any atom is -0.360 e. The largest absolute Gasteiger partial charge is 0.360 e. The van der Waals surface area contributed by atoms with Gasteiger partial charge in [0.25, 0.3) is 5.91 Å². The summed E-state index contributed by atoms with van der Waals surface area (Å²) in [5.74, 6) is 0.537. The molecule has 1 amide bonds. The molecular weight excluding hydrogens is 346 g/mol. The number of carbonyl (C=O) groups is 1. The average Bonchev–Trinajstić information content (AvgIpc) is 2.91. The van der Waals surface area contributed by atoms with E-state index >= 15 is 0 Å². The second-order valence-corrected chi connectivity index (χ2v) is 6.89. The van der Waals surface area contributed by atoms with Gasteiger partial charge in [0, 0.05) is 17.3 Å². The van der Waals surface area contributed by atoms with E-state index in [4.69, 9.17) is 11.6 Å². The molecule has 0 bridgehead atoms. The summed E-state index contributed by atoms with van der Waals surface area (Å²) in [5, 5.41) is 4.04. The van der Waals surface area contributed by atoms with Crippen molar-refractivity contribution in [3.8, 4) is 0 Å². The average molecular weight is 364 g/mol. The molecule has 1 aliphatic rings. The smallest absolute Gasteiger partial charge is 0.261 e. The van der Waals surface area contributed by atoms with Crippen molar-refractivity contribution in [2.24, 2.45) is 0 Å². The van der Waals surface area contributed by atoms with Crippen LogP contribution >= 0.6 is 11.6 Å². The summed E-state index contributed by atoms with van der Waals surface area (Å²) in [6.45, 7) is 3.96. The van der Waals surface area contributed by atoms with Gasteiger partial charge in [0.15, 0.2) is 0 Å². The number of aromatic nitrogens is 1. The summed E-state index contributed by atoms with van der Waals surface area (Å²) in [4.78, 5) is 19.2. The molecule has 4 nitrogen and oxygen atoms in total. The molecule has 0 spiro atoms. The number of anilines is 2. The maximum Gasteiger partial charge on any atom is 0.261 e. The van der Waals surface area contributed by atoms with E-state index in [2.05, 4.69) is 10.3 Å². The molecule has 0 saturated carbocycles. The summed E-state index contributed by atoms with van der Waals surface area (Å²) >= 11 is 6.40. The Balaban J connectivity index is 1.79. The first-order valence-corrected chi connectivity index (χ1v) is 8.80. The third kappa shape index (κ3) is 2.82. The molecule has 0 unspecified atom stereocenters. The molecular formula is C21H18ClN3O. The topological polar surface area (TPSA) is 45.2 Å². The van der Waals surface area contributed by atoms with Crippen LogP contribution in [0.3, 0.4) is 0 Å². The fraction of sp³-hybridized carbons (Fsp3) is 0.143. The summed E-state index contributed by atoms with van der Waals surface area (Å²) in [7, 11) is 0. The van der Waals surface area contributed by atoms with Crippen LogP contribution in [0.1, 0.15) is 33.2 Å². The van der Waals surface area contributed by atoms with Crippen LogP contribution in [0.2, 0.25) is 5.02 Å². The molecule has 0 fully saturated rings. The zero-order valence-corrected chi connectivity index (χ0v) is 15.3. The second-order valence-electron chi connectivity index (χ2n) is 6.49. The number of fused-ring (bicyclic) bond motifs is 1. The molecule has 130 valence electrons. The van der Waals surface area contributed by atoms with Crippen LogP contribution in [0, 0.1) is 13.8 Å². The Bertz CT molecular complexity index is 985. The van der Waals surface area contributed by atoms with Gasteiger partial charge >= 0.3 is 0 Å². The molecule has 0 saturated heterocycles. The molecule has 3 aromatic rings. The highest BCUT2D eigenvalue weighted by molar-refractivity contribution is 6.33. The number of pyridine rings is 1. The van der Waals surface area contributed by atoms with Gasteiger partial charge in [-0.05, 0) is 49.2 Å². The van der Waals surface area contributed by atoms with Gasteiger partial charge in [0.1, 0.15) is 12.0 Å². The molecule has 1 aliphatic heterocycles. The quantitative estimate of drug-likeness (QED) is 0.702. The first kappa shape index (κ1) is 16.6. The second kappa shape index (κ2) is 6.46. The predicted molar refractivity (Wildman–Crippen MR) is 105 cm³/mol.